The largest absolute Gasteiger partial charge is 0.383 e. The Hall–Kier alpha value is -3.23. The number of hydrogen-bond acceptors (Lipinski definition) is 5. The maximum Gasteiger partial charge on any atom is 0.352 e. The second kappa shape index (κ2) is 9.72. The SMILES string of the molecule is COCCNC(=O)c1nn(-c2cc(C)cc(C)c2)c(=O)n(Cc2cccc(Cl)c2)c1=O. The zero-order chi connectivity index (χ0) is 22.5. The Balaban J connectivity index is 2.18. The van der Waals surface area contributed by atoms with Gasteiger partial charge in [0.15, 0.2) is 0 Å². The van der Waals surface area contributed by atoms with Crippen LogP contribution in [0.2, 0.25) is 5.02 Å². The van der Waals surface area contributed by atoms with Crippen LogP contribution < -0.4 is 16.6 Å². The summed E-state index contributed by atoms with van der Waals surface area (Å²) in [5.74, 6) is -0.681. The molecule has 9 heteroatoms. The van der Waals surface area contributed by atoms with Gasteiger partial charge in [0.2, 0.25) is 5.69 Å². The van der Waals surface area contributed by atoms with Gasteiger partial charge in [-0.05, 0) is 54.8 Å². The average Bonchev–Trinajstić information content (AvgIpc) is 2.70. The van der Waals surface area contributed by atoms with E-state index in [-0.39, 0.29) is 25.4 Å². The first kappa shape index (κ1) is 22.5. The molecule has 0 bridgehead atoms. The van der Waals surface area contributed by atoms with Crippen LogP contribution in [-0.4, -0.2) is 40.5 Å². The van der Waals surface area contributed by atoms with Crippen molar-refractivity contribution >= 4 is 17.5 Å². The molecule has 0 atom stereocenters. The highest BCUT2D eigenvalue weighted by Crippen LogP contribution is 2.13. The van der Waals surface area contributed by atoms with Crippen molar-refractivity contribution in [3.8, 4) is 5.69 Å². The summed E-state index contributed by atoms with van der Waals surface area (Å²) in [6.45, 7) is 4.21. The van der Waals surface area contributed by atoms with Gasteiger partial charge in [-0.1, -0.05) is 29.8 Å². The molecule has 1 heterocycles. The molecule has 0 fully saturated rings. The first-order valence-electron chi connectivity index (χ1n) is 9.64. The lowest BCUT2D eigenvalue weighted by Gasteiger charge is -2.13. The Morgan fingerprint density at radius 3 is 2.48 bits per heavy atom. The minimum atomic E-state index is -0.777. The smallest absolute Gasteiger partial charge is 0.352 e. The number of benzene rings is 2. The highest BCUT2D eigenvalue weighted by molar-refractivity contribution is 6.30. The fourth-order valence-electron chi connectivity index (χ4n) is 3.21. The molecular formula is C22H23ClN4O4. The van der Waals surface area contributed by atoms with E-state index in [0.29, 0.717) is 16.3 Å². The number of methoxy groups -OCH3 is 1. The van der Waals surface area contributed by atoms with E-state index in [0.717, 1.165) is 20.4 Å². The number of ether oxygens (including phenoxy) is 1. The molecule has 8 nitrogen and oxygen atoms in total. The summed E-state index contributed by atoms with van der Waals surface area (Å²) in [5, 5.41) is 7.18. The van der Waals surface area contributed by atoms with Gasteiger partial charge in [0.25, 0.3) is 11.5 Å². The molecule has 162 valence electrons. The van der Waals surface area contributed by atoms with Crippen LogP contribution in [0.15, 0.2) is 52.1 Å². The van der Waals surface area contributed by atoms with Gasteiger partial charge in [0.1, 0.15) is 0 Å². The Morgan fingerprint density at radius 2 is 1.84 bits per heavy atom. The normalized spacial score (nSPS) is 10.8. The van der Waals surface area contributed by atoms with E-state index >= 15 is 0 Å². The molecule has 1 amide bonds. The van der Waals surface area contributed by atoms with Crippen LogP contribution in [0.4, 0.5) is 0 Å². The third-order valence-electron chi connectivity index (χ3n) is 4.55. The Bertz CT molecular complexity index is 1210. The van der Waals surface area contributed by atoms with E-state index in [9.17, 15) is 14.4 Å². The Labute approximate surface area is 184 Å². The van der Waals surface area contributed by atoms with E-state index in [2.05, 4.69) is 10.4 Å². The lowest BCUT2D eigenvalue weighted by molar-refractivity contribution is 0.0927. The summed E-state index contributed by atoms with van der Waals surface area (Å²) in [6.07, 6.45) is 0. The third kappa shape index (κ3) is 5.28. The minimum Gasteiger partial charge on any atom is -0.383 e. The molecule has 1 N–H and O–H groups in total. The average molecular weight is 443 g/mol. The van der Waals surface area contributed by atoms with Gasteiger partial charge in [-0.15, -0.1) is 0 Å². The van der Waals surface area contributed by atoms with Crippen LogP contribution in [0.5, 0.6) is 0 Å². The maximum absolute atomic E-state index is 13.2. The molecule has 0 aliphatic carbocycles. The van der Waals surface area contributed by atoms with Crippen LogP contribution in [0.25, 0.3) is 5.69 Å². The predicted octanol–water partition coefficient (Wildman–Crippen LogP) is 2.09. The van der Waals surface area contributed by atoms with Crippen LogP contribution >= 0.6 is 11.6 Å². The topological polar surface area (TPSA) is 95.2 Å². The number of aromatic nitrogens is 3. The zero-order valence-electron chi connectivity index (χ0n) is 17.5. The molecule has 0 aliphatic heterocycles. The van der Waals surface area contributed by atoms with Crippen LogP contribution in [0.3, 0.4) is 0 Å². The number of amides is 1. The van der Waals surface area contributed by atoms with E-state index in [1.165, 1.54) is 7.11 Å². The van der Waals surface area contributed by atoms with E-state index in [1.807, 2.05) is 19.9 Å². The first-order chi connectivity index (χ1) is 14.8. The van der Waals surface area contributed by atoms with Crippen molar-refractivity contribution in [2.24, 2.45) is 0 Å². The fraction of sp³-hybridized carbons (Fsp3) is 0.273. The quantitative estimate of drug-likeness (QED) is 0.565. The second-order valence-electron chi connectivity index (χ2n) is 7.16. The highest BCUT2D eigenvalue weighted by Gasteiger charge is 2.20. The van der Waals surface area contributed by atoms with E-state index in [4.69, 9.17) is 16.3 Å². The monoisotopic (exact) mass is 442 g/mol. The van der Waals surface area contributed by atoms with Crippen molar-refractivity contribution in [3.05, 3.63) is 90.7 Å². The van der Waals surface area contributed by atoms with Crippen molar-refractivity contribution in [1.29, 1.82) is 0 Å². The Kier molecular flexibility index (Phi) is 7.04. The number of carbonyl (C=O) groups excluding carboxylic acids is 1. The van der Waals surface area contributed by atoms with Gasteiger partial charge in [0, 0.05) is 18.7 Å². The molecule has 0 radical (unpaired) electrons. The number of nitrogens with zero attached hydrogens (tertiary/aromatic N) is 3. The van der Waals surface area contributed by atoms with Gasteiger partial charge < -0.3 is 10.1 Å². The first-order valence-corrected chi connectivity index (χ1v) is 10.0. The van der Waals surface area contributed by atoms with Crippen LogP contribution in [0.1, 0.15) is 27.2 Å². The number of rotatable bonds is 7. The van der Waals surface area contributed by atoms with Gasteiger partial charge in [-0.25, -0.2) is 4.79 Å². The number of halogens is 1. The minimum absolute atomic E-state index is 0.0517. The molecule has 31 heavy (non-hydrogen) atoms. The molecule has 2 aromatic carbocycles. The maximum atomic E-state index is 13.2. The lowest BCUT2D eigenvalue weighted by atomic mass is 10.1. The summed E-state index contributed by atoms with van der Waals surface area (Å²) in [6, 6.07) is 12.3. The summed E-state index contributed by atoms with van der Waals surface area (Å²) < 4.78 is 6.99. The third-order valence-corrected chi connectivity index (χ3v) is 4.78. The molecule has 0 unspecified atom stereocenters. The van der Waals surface area contributed by atoms with Crippen molar-refractivity contribution in [2.75, 3.05) is 20.3 Å². The van der Waals surface area contributed by atoms with Gasteiger partial charge >= 0.3 is 5.69 Å². The lowest BCUT2D eigenvalue weighted by Crippen LogP contribution is -2.46. The summed E-state index contributed by atoms with van der Waals surface area (Å²) in [4.78, 5) is 38.9. The summed E-state index contributed by atoms with van der Waals surface area (Å²) >= 11 is 6.05. The molecule has 3 aromatic rings. The molecular weight excluding hydrogens is 420 g/mol. The molecule has 1 aromatic heterocycles. The van der Waals surface area contributed by atoms with E-state index in [1.54, 1.807) is 36.4 Å². The summed E-state index contributed by atoms with van der Waals surface area (Å²) in [7, 11) is 1.50. The Morgan fingerprint density at radius 1 is 1.13 bits per heavy atom. The molecule has 0 saturated carbocycles. The van der Waals surface area contributed by atoms with E-state index < -0.39 is 17.2 Å². The van der Waals surface area contributed by atoms with Crippen molar-refractivity contribution in [3.63, 3.8) is 0 Å². The fourth-order valence-corrected chi connectivity index (χ4v) is 3.42. The van der Waals surface area contributed by atoms with Crippen LogP contribution in [-0.2, 0) is 11.3 Å². The van der Waals surface area contributed by atoms with Crippen molar-refractivity contribution in [1.82, 2.24) is 19.7 Å². The molecule has 0 aliphatic rings. The van der Waals surface area contributed by atoms with Gasteiger partial charge in [-0.2, -0.15) is 9.78 Å². The molecule has 0 spiro atoms. The number of hydrogen-bond donors (Lipinski definition) is 1. The number of aryl methyl sites for hydroxylation is 2. The van der Waals surface area contributed by atoms with Crippen molar-refractivity contribution in [2.45, 2.75) is 20.4 Å². The zero-order valence-corrected chi connectivity index (χ0v) is 18.3. The van der Waals surface area contributed by atoms with Crippen molar-refractivity contribution < 1.29 is 9.53 Å². The highest BCUT2D eigenvalue weighted by atomic mass is 35.5. The summed E-state index contributed by atoms with van der Waals surface area (Å²) in [5.41, 5.74) is 1.15. The van der Waals surface area contributed by atoms with Crippen LogP contribution in [0, 0.1) is 13.8 Å². The number of nitrogens with one attached hydrogen (secondary N) is 1. The second-order valence-corrected chi connectivity index (χ2v) is 7.60. The molecule has 0 saturated heterocycles. The predicted molar refractivity (Wildman–Crippen MR) is 118 cm³/mol. The van der Waals surface area contributed by atoms with Gasteiger partial charge in [0.05, 0.1) is 18.8 Å². The standard InChI is InChI=1S/C22H23ClN4O4/c1-14-9-15(2)11-18(10-14)27-22(30)26(13-16-5-4-6-17(23)12-16)21(29)19(25-27)20(28)24-7-8-31-3/h4-6,9-12H,7-8,13H2,1-3H3,(H,24,28). The number of carbonyl (C=O) groups is 1. The molecule has 3 rings (SSSR count). The van der Waals surface area contributed by atoms with Gasteiger partial charge in [-0.3, -0.25) is 14.2 Å².